The average Bonchev–Trinajstić information content (AvgIpc) is 2.21. The molecule has 0 bridgehead atoms. The number of hydrogen-bond acceptors (Lipinski definition) is 0. The van der Waals surface area contributed by atoms with Crippen LogP contribution in [0.2, 0.25) is 0 Å². The zero-order valence-electron chi connectivity index (χ0n) is 9.71. The van der Waals surface area contributed by atoms with Gasteiger partial charge in [0.05, 0.1) is 0 Å². The first-order chi connectivity index (χ1) is 6.91. The monoisotopic (exact) mass is 192 g/mol. The van der Waals surface area contributed by atoms with Gasteiger partial charge in [-0.2, -0.15) is 0 Å². The number of hydrogen-bond donors (Lipinski definition) is 0. The van der Waals surface area contributed by atoms with E-state index in [1.54, 1.807) is 0 Å². The topological polar surface area (TPSA) is 0 Å². The fraction of sp³-hybridized carbons (Fsp3) is 0.571. The minimum absolute atomic E-state index is 1.22. The lowest BCUT2D eigenvalue weighted by Crippen LogP contribution is -1.71. The molecule has 0 amide bonds. The second kappa shape index (κ2) is 12.2. The molecule has 0 aliphatic heterocycles. The number of allylic oxidation sites excluding steroid dienone is 6. The predicted octanol–water partition coefficient (Wildman–Crippen LogP) is 5.04. The molecule has 0 heteroatoms. The third-order valence-corrected chi connectivity index (χ3v) is 2.12. The molecule has 0 aromatic carbocycles. The highest BCUT2D eigenvalue weighted by Gasteiger charge is 1.81. The standard InChI is InChI=1S/C14H24/c1-3-5-7-9-11-13-14-12-10-8-6-4-2/h3-6,13-14H,7-12H2,1-2H3/b5-3+,6-4+,14-13+. The zero-order valence-corrected chi connectivity index (χ0v) is 9.71. The van der Waals surface area contributed by atoms with Gasteiger partial charge in [-0.15, -0.1) is 0 Å². The molecule has 0 heterocycles. The normalized spacial score (nSPS) is 12.4. The summed E-state index contributed by atoms with van der Waals surface area (Å²) in [6.07, 6.45) is 20.8. The highest BCUT2D eigenvalue weighted by atomic mass is 13.9. The first-order valence-electron chi connectivity index (χ1n) is 5.79. The van der Waals surface area contributed by atoms with Crippen LogP contribution in [0.3, 0.4) is 0 Å². The van der Waals surface area contributed by atoms with Crippen molar-refractivity contribution in [3.63, 3.8) is 0 Å². The third-order valence-electron chi connectivity index (χ3n) is 2.12. The van der Waals surface area contributed by atoms with Gasteiger partial charge in [-0.1, -0.05) is 36.5 Å². The van der Waals surface area contributed by atoms with Crippen LogP contribution < -0.4 is 0 Å². The maximum absolute atomic E-state index is 2.32. The second-order valence-corrected chi connectivity index (χ2v) is 3.47. The largest absolute Gasteiger partial charge is 0.0917 e. The van der Waals surface area contributed by atoms with Crippen molar-refractivity contribution in [3.8, 4) is 0 Å². The molecule has 0 rings (SSSR count). The SMILES string of the molecule is C/C=C/CCC/C=C/CCC/C=C/C. The molecule has 0 aliphatic rings. The van der Waals surface area contributed by atoms with Gasteiger partial charge >= 0.3 is 0 Å². The summed E-state index contributed by atoms with van der Waals surface area (Å²) in [5.41, 5.74) is 0. The van der Waals surface area contributed by atoms with Gasteiger partial charge in [-0.25, -0.2) is 0 Å². The maximum Gasteiger partial charge on any atom is -0.0348 e. The lowest BCUT2D eigenvalue weighted by atomic mass is 10.2. The molecule has 0 aromatic rings. The highest BCUT2D eigenvalue weighted by Crippen LogP contribution is 2.01. The van der Waals surface area contributed by atoms with Crippen LogP contribution in [0.4, 0.5) is 0 Å². The van der Waals surface area contributed by atoms with Gasteiger partial charge in [0.25, 0.3) is 0 Å². The molecule has 0 aromatic heterocycles. The molecule has 0 radical (unpaired) electrons. The quantitative estimate of drug-likeness (QED) is 0.373. The fourth-order valence-electron chi connectivity index (χ4n) is 1.28. The Morgan fingerprint density at radius 2 is 0.929 bits per heavy atom. The van der Waals surface area contributed by atoms with E-state index in [0.29, 0.717) is 0 Å². The highest BCUT2D eigenvalue weighted by molar-refractivity contribution is 4.85. The van der Waals surface area contributed by atoms with E-state index >= 15 is 0 Å². The van der Waals surface area contributed by atoms with Crippen LogP contribution in [0, 0.1) is 0 Å². The van der Waals surface area contributed by atoms with Gasteiger partial charge in [-0.05, 0) is 52.4 Å². The molecule has 0 atom stereocenters. The van der Waals surface area contributed by atoms with E-state index in [1.165, 1.54) is 38.5 Å². The van der Waals surface area contributed by atoms with E-state index in [-0.39, 0.29) is 0 Å². The smallest absolute Gasteiger partial charge is 0.0348 e. The van der Waals surface area contributed by atoms with Gasteiger partial charge in [0, 0.05) is 0 Å². The molecule has 14 heavy (non-hydrogen) atoms. The minimum atomic E-state index is 1.22. The summed E-state index contributed by atoms with van der Waals surface area (Å²) in [6, 6.07) is 0. The van der Waals surface area contributed by atoms with Crippen LogP contribution in [0.25, 0.3) is 0 Å². The Balaban J connectivity index is 3.11. The number of rotatable bonds is 8. The van der Waals surface area contributed by atoms with Crippen LogP contribution in [-0.2, 0) is 0 Å². The van der Waals surface area contributed by atoms with Crippen LogP contribution >= 0.6 is 0 Å². The first kappa shape index (κ1) is 13.2. The van der Waals surface area contributed by atoms with E-state index in [2.05, 4.69) is 50.3 Å². The van der Waals surface area contributed by atoms with Crippen molar-refractivity contribution in [1.29, 1.82) is 0 Å². The van der Waals surface area contributed by atoms with Crippen molar-refractivity contribution in [1.82, 2.24) is 0 Å². The van der Waals surface area contributed by atoms with Gasteiger partial charge in [-0.3, -0.25) is 0 Å². The van der Waals surface area contributed by atoms with Crippen molar-refractivity contribution < 1.29 is 0 Å². The van der Waals surface area contributed by atoms with Crippen molar-refractivity contribution in [2.75, 3.05) is 0 Å². The Kier molecular flexibility index (Phi) is 11.5. The predicted molar refractivity (Wildman–Crippen MR) is 66.5 cm³/mol. The van der Waals surface area contributed by atoms with Crippen molar-refractivity contribution >= 4 is 0 Å². The average molecular weight is 192 g/mol. The van der Waals surface area contributed by atoms with Gasteiger partial charge in [0.1, 0.15) is 0 Å². The van der Waals surface area contributed by atoms with E-state index in [0.717, 1.165) is 0 Å². The van der Waals surface area contributed by atoms with E-state index in [9.17, 15) is 0 Å². The molecular weight excluding hydrogens is 168 g/mol. The Labute approximate surface area is 89.4 Å². The Morgan fingerprint density at radius 1 is 0.571 bits per heavy atom. The number of unbranched alkanes of at least 4 members (excludes halogenated alkanes) is 4. The van der Waals surface area contributed by atoms with E-state index in [1.807, 2.05) is 0 Å². The summed E-state index contributed by atoms with van der Waals surface area (Å²) < 4.78 is 0. The molecular formula is C14H24. The summed E-state index contributed by atoms with van der Waals surface area (Å²) in [6.45, 7) is 4.16. The second-order valence-electron chi connectivity index (χ2n) is 3.47. The van der Waals surface area contributed by atoms with Crippen LogP contribution in [-0.4, -0.2) is 0 Å². The lowest BCUT2D eigenvalue weighted by Gasteiger charge is -1.91. The Hall–Kier alpha value is -0.780. The Morgan fingerprint density at radius 3 is 1.29 bits per heavy atom. The molecule has 0 N–H and O–H groups in total. The molecule has 0 saturated carbocycles. The van der Waals surface area contributed by atoms with Gasteiger partial charge in [0.2, 0.25) is 0 Å². The van der Waals surface area contributed by atoms with Crippen molar-refractivity contribution in [2.24, 2.45) is 0 Å². The van der Waals surface area contributed by atoms with E-state index in [4.69, 9.17) is 0 Å². The lowest BCUT2D eigenvalue weighted by molar-refractivity contribution is 0.840. The summed E-state index contributed by atoms with van der Waals surface area (Å²) in [5, 5.41) is 0. The third kappa shape index (κ3) is 11.2. The fourth-order valence-corrected chi connectivity index (χ4v) is 1.28. The maximum atomic E-state index is 2.32. The summed E-state index contributed by atoms with van der Waals surface area (Å²) in [5.74, 6) is 0. The van der Waals surface area contributed by atoms with Crippen molar-refractivity contribution in [2.45, 2.75) is 52.4 Å². The molecule has 0 saturated heterocycles. The molecule has 0 aliphatic carbocycles. The van der Waals surface area contributed by atoms with Crippen LogP contribution in [0.1, 0.15) is 52.4 Å². The summed E-state index contributed by atoms with van der Waals surface area (Å²) in [7, 11) is 0. The van der Waals surface area contributed by atoms with Crippen LogP contribution in [0.15, 0.2) is 36.5 Å². The van der Waals surface area contributed by atoms with E-state index < -0.39 is 0 Å². The van der Waals surface area contributed by atoms with Crippen molar-refractivity contribution in [3.05, 3.63) is 36.5 Å². The Bertz CT molecular complexity index is 152. The minimum Gasteiger partial charge on any atom is -0.0917 e. The summed E-state index contributed by atoms with van der Waals surface area (Å²) in [4.78, 5) is 0. The molecule has 80 valence electrons. The first-order valence-corrected chi connectivity index (χ1v) is 5.79. The van der Waals surface area contributed by atoms with Gasteiger partial charge < -0.3 is 0 Å². The molecule has 0 nitrogen and oxygen atoms in total. The summed E-state index contributed by atoms with van der Waals surface area (Å²) >= 11 is 0. The molecule has 0 spiro atoms. The van der Waals surface area contributed by atoms with Gasteiger partial charge in [0.15, 0.2) is 0 Å². The molecule has 0 unspecified atom stereocenters. The zero-order chi connectivity index (χ0) is 10.5. The molecule has 0 fully saturated rings. The van der Waals surface area contributed by atoms with Crippen LogP contribution in [0.5, 0.6) is 0 Å².